The average molecular weight is 283 g/mol. The standard InChI is InChI=1S/C11H11BrN2S/c1-7-10(15-11(13)14-7)6-8-2-4-9(12)5-3-8/h2-5H,6H2,1H3,(H2,13,14). The zero-order valence-corrected chi connectivity index (χ0v) is 10.7. The molecule has 1 heterocycles. The van der Waals surface area contributed by atoms with E-state index in [1.807, 2.05) is 6.92 Å². The number of halogens is 1. The van der Waals surface area contributed by atoms with E-state index in [9.17, 15) is 0 Å². The van der Waals surface area contributed by atoms with Gasteiger partial charge in [0.15, 0.2) is 5.13 Å². The summed E-state index contributed by atoms with van der Waals surface area (Å²) in [6.45, 7) is 2.00. The Morgan fingerprint density at radius 3 is 2.53 bits per heavy atom. The second-order valence-electron chi connectivity index (χ2n) is 3.36. The molecule has 15 heavy (non-hydrogen) atoms. The summed E-state index contributed by atoms with van der Waals surface area (Å²) >= 11 is 4.99. The zero-order chi connectivity index (χ0) is 10.8. The van der Waals surface area contributed by atoms with Gasteiger partial charge in [-0.15, -0.1) is 11.3 Å². The molecule has 0 spiro atoms. The lowest BCUT2D eigenvalue weighted by Gasteiger charge is -1.99. The minimum Gasteiger partial charge on any atom is -0.375 e. The molecular weight excluding hydrogens is 272 g/mol. The van der Waals surface area contributed by atoms with E-state index in [1.165, 1.54) is 10.4 Å². The van der Waals surface area contributed by atoms with Crippen molar-refractivity contribution in [2.24, 2.45) is 0 Å². The van der Waals surface area contributed by atoms with E-state index < -0.39 is 0 Å². The molecule has 0 saturated carbocycles. The van der Waals surface area contributed by atoms with Gasteiger partial charge in [0.2, 0.25) is 0 Å². The van der Waals surface area contributed by atoms with Crippen molar-refractivity contribution in [2.75, 3.05) is 5.73 Å². The molecule has 2 N–H and O–H groups in total. The molecule has 1 aromatic carbocycles. The van der Waals surface area contributed by atoms with Crippen LogP contribution in [0.5, 0.6) is 0 Å². The number of benzene rings is 1. The smallest absolute Gasteiger partial charge is 0.180 e. The van der Waals surface area contributed by atoms with Gasteiger partial charge in [-0.2, -0.15) is 0 Å². The van der Waals surface area contributed by atoms with Crippen LogP contribution in [-0.4, -0.2) is 4.98 Å². The fourth-order valence-corrected chi connectivity index (χ4v) is 2.53. The zero-order valence-electron chi connectivity index (χ0n) is 8.33. The number of aromatic nitrogens is 1. The summed E-state index contributed by atoms with van der Waals surface area (Å²) in [6.07, 6.45) is 0.911. The van der Waals surface area contributed by atoms with Crippen molar-refractivity contribution in [3.63, 3.8) is 0 Å². The van der Waals surface area contributed by atoms with Crippen molar-refractivity contribution in [1.82, 2.24) is 4.98 Å². The second kappa shape index (κ2) is 4.33. The number of rotatable bonds is 2. The van der Waals surface area contributed by atoms with E-state index in [1.54, 1.807) is 11.3 Å². The van der Waals surface area contributed by atoms with Gasteiger partial charge in [0.05, 0.1) is 5.69 Å². The highest BCUT2D eigenvalue weighted by Crippen LogP contribution is 2.23. The van der Waals surface area contributed by atoms with Gasteiger partial charge in [0.1, 0.15) is 0 Å². The lowest BCUT2D eigenvalue weighted by Crippen LogP contribution is -1.87. The Hall–Kier alpha value is -0.870. The van der Waals surface area contributed by atoms with Crippen molar-refractivity contribution < 1.29 is 0 Å². The van der Waals surface area contributed by atoms with E-state index in [0.29, 0.717) is 5.13 Å². The average Bonchev–Trinajstić information content (AvgIpc) is 2.49. The van der Waals surface area contributed by atoms with Gasteiger partial charge in [-0.05, 0) is 24.6 Å². The Bertz CT molecular complexity index is 462. The van der Waals surface area contributed by atoms with Gasteiger partial charge in [-0.3, -0.25) is 0 Å². The number of thiazole rings is 1. The SMILES string of the molecule is Cc1nc(N)sc1Cc1ccc(Br)cc1. The first kappa shape index (κ1) is 10.6. The van der Waals surface area contributed by atoms with E-state index in [4.69, 9.17) is 5.73 Å². The minimum atomic E-state index is 0.652. The monoisotopic (exact) mass is 282 g/mol. The Kier molecular flexibility index (Phi) is 3.07. The molecule has 0 aliphatic rings. The van der Waals surface area contributed by atoms with Crippen LogP contribution in [0.3, 0.4) is 0 Å². The summed E-state index contributed by atoms with van der Waals surface area (Å²) in [7, 11) is 0. The van der Waals surface area contributed by atoms with Gasteiger partial charge in [0, 0.05) is 15.8 Å². The molecule has 1 aromatic heterocycles. The molecule has 78 valence electrons. The van der Waals surface area contributed by atoms with Crippen molar-refractivity contribution >= 4 is 32.4 Å². The fraction of sp³-hybridized carbons (Fsp3) is 0.182. The number of hydrogen-bond donors (Lipinski definition) is 1. The number of aryl methyl sites for hydroxylation is 1. The van der Waals surface area contributed by atoms with Crippen LogP contribution < -0.4 is 5.73 Å². The molecule has 2 rings (SSSR count). The van der Waals surface area contributed by atoms with E-state index in [0.717, 1.165) is 16.6 Å². The number of nitrogens with two attached hydrogens (primary N) is 1. The first-order chi connectivity index (χ1) is 7.15. The lowest BCUT2D eigenvalue weighted by atomic mass is 10.1. The van der Waals surface area contributed by atoms with E-state index in [-0.39, 0.29) is 0 Å². The van der Waals surface area contributed by atoms with Crippen LogP contribution in [0.15, 0.2) is 28.7 Å². The highest BCUT2D eigenvalue weighted by atomic mass is 79.9. The van der Waals surface area contributed by atoms with Crippen LogP contribution in [-0.2, 0) is 6.42 Å². The van der Waals surface area contributed by atoms with Gasteiger partial charge >= 0.3 is 0 Å². The largest absolute Gasteiger partial charge is 0.375 e. The first-order valence-electron chi connectivity index (χ1n) is 4.61. The summed E-state index contributed by atoms with van der Waals surface area (Å²) in [6, 6.07) is 8.32. The number of anilines is 1. The quantitative estimate of drug-likeness (QED) is 0.917. The molecule has 0 aliphatic carbocycles. The molecule has 0 saturated heterocycles. The van der Waals surface area contributed by atoms with Crippen LogP contribution in [0.1, 0.15) is 16.1 Å². The molecule has 0 radical (unpaired) electrons. The van der Waals surface area contributed by atoms with Crippen LogP contribution in [0.2, 0.25) is 0 Å². The Labute approximate surface area is 101 Å². The number of nitrogen functional groups attached to an aromatic ring is 1. The van der Waals surface area contributed by atoms with Crippen LogP contribution in [0.25, 0.3) is 0 Å². The van der Waals surface area contributed by atoms with Gasteiger partial charge < -0.3 is 5.73 Å². The fourth-order valence-electron chi connectivity index (χ4n) is 1.40. The third kappa shape index (κ3) is 2.58. The Morgan fingerprint density at radius 2 is 2.00 bits per heavy atom. The van der Waals surface area contributed by atoms with Gasteiger partial charge in [0.25, 0.3) is 0 Å². The molecule has 0 fully saturated rings. The number of hydrogen-bond acceptors (Lipinski definition) is 3. The lowest BCUT2D eigenvalue weighted by molar-refractivity contribution is 1.15. The second-order valence-corrected chi connectivity index (χ2v) is 5.39. The third-order valence-electron chi connectivity index (χ3n) is 2.19. The highest BCUT2D eigenvalue weighted by Gasteiger charge is 2.05. The summed E-state index contributed by atoms with van der Waals surface area (Å²) < 4.78 is 1.10. The first-order valence-corrected chi connectivity index (χ1v) is 6.22. The Morgan fingerprint density at radius 1 is 1.33 bits per heavy atom. The van der Waals surface area contributed by atoms with Crippen molar-refractivity contribution in [1.29, 1.82) is 0 Å². The van der Waals surface area contributed by atoms with Crippen LogP contribution in [0.4, 0.5) is 5.13 Å². The molecular formula is C11H11BrN2S. The maximum absolute atomic E-state index is 5.66. The summed E-state index contributed by atoms with van der Waals surface area (Å²) in [4.78, 5) is 5.46. The van der Waals surface area contributed by atoms with Gasteiger partial charge in [-0.25, -0.2) is 4.98 Å². The van der Waals surface area contributed by atoms with E-state index >= 15 is 0 Å². The molecule has 2 aromatic rings. The van der Waals surface area contributed by atoms with Gasteiger partial charge in [-0.1, -0.05) is 28.1 Å². The summed E-state index contributed by atoms with van der Waals surface area (Å²) in [5.74, 6) is 0. The molecule has 0 bridgehead atoms. The Balaban J connectivity index is 2.21. The minimum absolute atomic E-state index is 0.652. The molecule has 4 heteroatoms. The molecule has 0 atom stereocenters. The van der Waals surface area contributed by atoms with Crippen LogP contribution >= 0.6 is 27.3 Å². The van der Waals surface area contributed by atoms with Crippen molar-refractivity contribution in [2.45, 2.75) is 13.3 Å². The van der Waals surface area contributed by atoms with E-state index in [2.05, 4.69) is 45.2 Å². The maximum atomic E-state index is 5.66. The molecule has 0 aliphatic heterocycles. The summed E-state index contributed by atoms with van der Waals surface area (Å²) in [5, 5.41) is 0.652. The number of nitrogens with zero attached hydrogens (tertiary/aromatic N) is 1. The normalized spacial score (nSPS) is 10.5. The predicted molar refractivity (Wildman–Crippen MR) is 68.2 cm³/mol. The summed E-state index contributed by atoms with van der Waals surface area (Å²) in [5.41, 5.74) is 7.98. The van der Waals surface area contributed by atoms with Crippen molar-refractivity contribution in [3.8, 4) is 0 Å². The van der Waals surface area contributed by atoms with Crippen LogP contribution in [0, 0.1) is 6.92 Å². The third-order valence-corrected chi connectivity index (χ3v) is 3.70. The highest BCUT2D eigenvalue weighted by molar-refractivity contribution is 9.10. The topological polar surface area (TPSA) is 38.9 Å². The molecule has 0 amide bonds. The predicted octanol–water partition coefficient (Wildman–Crippen LogP) is 3.39. The molecule has 0 unspecified atom stereocenters. The maximum Gasteiger partial charge on any atom is 0.180 e. The molecule has 2 nitrogen and oxygen atoms in total. The van der Waals surface area contributed by atoms with Crippen molar-refractivity contribution in [3.05, 3.63) is 44.9 Å².